The van der Waals surface area contributed by atoms with Crippen LogP contribution in [0.25, 0.3) is 0 Å². The van der Waals surface area contributed by atoms with Crippen molar-refractivity contribution in [1.82, 2.24) is 0 Å². The van der Waals surface area contributed by atoms with Crippen LogP contribution < -0.4 is 27.6 Å². The molecule has 0 aliphatic carbocycles. The summed E-state index contributed by atoms with van der Waals surface area (Å²) in [6, 6.07) is 42.6. The van der Waals surface area contributed by atoms with Gasteiger partial charge in [0.05, 0.1) is 0 Å². The highest BCUT2D eigenvalue weighted by atomic mass is 31.2. The van der Waals surface area contributed by atoms with Gasteiger partial charge in [-0.3, -0.25) is 0 Å². The van der Waals surface area contributed by atoms with Gasteiger partial charge in [0.1, 0.15) is 34.5 Å². The average molecular weight is 715 g/mol. The van der Waals surface area contributed by atoms with E-state index < -0.39 is 25.9 Å². The number of hydrogen-bond acceptors (Lipinski definition) is 8. The maximum absolute atomic E-state index is 15.2. The van der Waals surface area contributed by atoms with Crippen LogP contribution in [0.15, 0.2) is 146 Å². The second-order valence-corrected chi connectivity index (χ2v) is 15.9. The van der Waals surface area contributed by atoms with E-state index in [9.17, 15) is 0 Å². The first-order valence-corrected chi connectivity index (χ1v) is 20.0. The van der Waals surface area contributed by atoms with Crippen LogP contribution in [0.5, 0.6) is 34.5 Å². The fourth-order valence-electron chi connectivity index (χ4n) is 5.57. The van der Waals surface area contributed by atoms with Gasteiger partial charge in [0.15, 0.2) is 0 Å². The summed E-state index contributed by atoms with van der Waals surface area (Å²) in [4.78, 5) is 0. The zero-order chi connectivity index (χ0) is 35.5. The first-order valence-electron chi connectivity index (χ1n) is 16.9. The van der Waals surface area contributed by atoms with Gasteiger partial charge in [0.25, 0.3) is 0 Å². The Hall–Kier alpha value is -4.64. The summed E-state index contributed by atoms with van der Waals surface area (Å²) >= 11 is 0. The Labute approximate surface area is 295 Å². The molecule has 262 valence electrons. The Balaban J connectivity index is 1.53. The molecule has 0 radical (unpaired) electrons. The molecule has 5 aromatic carbocycles. The highest BCUT2D eigenvalue weighted by molar-refractivity contribution is 7.56. The first-order chi connectivity index (χ1) is 24.2. The maximum atomic E-state index is 15.2. The molecule has 0 aromatic heterocycles. The normalized spacial score (nSPS) is 13.0. The van der Waals surface area contributed by atoms with Crippen molar-refractivity contribution in [2.45, 2.75) is 64.1 Å². The molecule has 10 heteroatoms. The van der Waals surface area contributed by atoms with Gasteiger partial charge < -0.3 is 27.6 Å². The van der Waals surface area contributed by atoms with Crippen LogP contribution in [-0.2, 0) is 9.13 Å². The minimum atomic E-state index is -4.16. The van der Waals surface area contributed by atoms with Crippen LogP contribution >= 0.6 is 15.2 Å². The monoisotopic (exact) mass is 714 g/mol. The second kappa shape index (κ2) is 16.4. The lowest BCUT2D eigenvalue weighted by atomic mass is 10.2. The fraction of sp³-hybridized carbons (Fsp3) is 0.250. The summed E-state index contributed by atoms with van der Waals surface area (Å²) in [5.74, 6) is 2.21. The van der Waals surface area contributed by atoms with Gasteiger partial charge in [-0.2, -0.15) is 0 Å². The molecule has 0 saturated heterocycles. The van der Waals surface area contributed by atoms with Gasteiger partial charge in [0.2, 0.25) is 10.7 Å². The number of benzene rings is 5. The molecule has 0 amide bonds. The summed E-state index contributed by atoms with van der Waals surface area (Å²) < 4.78 is 68.6. The lowest BCUT2D eigenvalue weighted by Crippen LogP contribution is -2.38. The van der Waals surface area contributed by atoms with E-state index in [0.717, 1.165) is 0 Å². The molecule has 0 spiro atoms. The smallest absolute Gasteiger partial charge is 0.472 e. The summed E-state index contributed by atoms with van der Waals surface area (Å²) in [6.45, 7) is 7.53. The van der Waals surface area contributed by atoms with Crippen LogP contribution in [-0.4, -0.2) is 10.7 Å². The van der Waals surface area contributed by atoms with E-state index in [1.807, 2.05) is 76.2 Å². The van der Waals surface area contributed by atoms with Gasteiger partial charge in [-0.05, 0) is 86.3 Å². The Bertz CT molecular complexity index is 1820. The maximum Gasteiger partial charge on any atom is 0.474 e. The number of ether oxygens (including phenoxy) is 2. The molecule has 0 saturated carbocycles. The Kier molecular flexibility index (Phi) is 12.0. The van der Waals surface area contributed by atoms with Crippen LogP contribution in [0.4, 0.5) is 0 Å². The van der Waals surface area contributed by atoms with E-state index in [-0.39, 0.29) is 18.6 Å². The second-order valence-electron chi connectivity index (χ2n) is 11.6. The third-order valence-corrected chi connectivity index (χ3v) is 13.8. The quantitative estimate of drug-likeness (QED) is 0.0829. The van der Waals surface area contributed by atoms with Gasteiger partial charge in [-0.15, -0.1) is 0 Å². The molecule has 8 nitrogen and oxygen atoms in total. The predicted octanol–water partition coefficient (Wildman–Crippen LogP) is 12.2. The molecule has 0 aliphatic heterocycles. The predicted molar refractivity (Wildman–Crippen MR) is 198 cm³/mol. The van der Waals surface area contributed by atoms with E-state index in [4.69, 9.17) is 27.6 Å². The van der Waals surface area contributed by atoms with Gasteiger partial charge >= 0.3 is 15.2 Å². The van der Waals surface area contributed by atoms with E-state index in [1.165, 1.54) is 0 Å². The molecule has 5 rings (SSSR count). The summed E-state index contributed by atoms with van der Waals surface area (Å²) in [6.07, 6.45) is 1.20. The first kappa shape index (κ1) is 36.6. The minimum Gasteiger partial charge on any atom is -0.472 e. The van der Waals surface area contributed by atoms with E-state index >= 15 is 9.13 Å². The van der Waals surface area contributed by atoms with Gasteiger partial charge in [-0.1, -0.05) is 107 Å². The van der Waals surface area contributed by atoms with E-state index in [2.05, 4.69) is 0 Å². The molecule has 0 bridgehead atoms. The molecule has 0 N–H and O–H groups in total. The van der Waals surface area contributed by atoms with E-state index in [0.29, 0.717) is 41.6 Å². The van der Waals surface area contributed by atoms with Crippen molar-refractivity contribution in [2.75, 3.05) is 0 Å². The molecule has 0 fully saturated rings. The van der Waals surface area contributed by atoms with Crippen molar-refractivity contribution < 1.29 is 36.7 Å². The van der Waals surface area contributed by atoms with Crippen molar-refractivity contribution in [3.8, 4) is 34.5 Å². The van der Waals surface area contributed by atoms with Crippen molar-refractivity contribution in [3.63, 3.8) is 0 Å². The molecule has 0 aliphatic rings. The Morgan fingerprint density at radius 1 is 0.380 bits per heavy atom. The number of para-hydroxylation sites is 4. The Morgan fingerprint density at radius 3 is 1.02 bits per heavy atom. The summed E-state index contributed by atoms with van der Waals surface area (Å²) in [5.41, 5.74) is 0. The standard InChI is InChI=1S/C40H44O8P2/c1-5-39(6-2,43-33-22-13-9-14-23-33)50(42,47-36-28-19-12-20-29-36)48-38-31-21-30-37(32-38)44-40(7-3,8-4)49(41,45-34-24-15-10-16-25-34)46-35-26-17-11-18-27-35/h9-32H,5-8H2,1-4H3. The van der Waals surface area contributed by atoms with E-state index in [1.54, 1.807) is 97.1 Å². The number of rotatable bonds is 18. The molecule has 50 heavy (non-hydrogen) atoms. The largest absolute Gasteiger partial charge is 0.474 e. The van der Waals surface area contributed by atoms with Crippen molar-refractivity contribution in [1.29, 1.82) is 0 Å². The molecule has 0 heterocycles. The van der Waals surface area contributed by atoms with Crippen LogP contribution in [0.3, 0.4) is 0 Å². The van der Waals surface area contributed by atoms with Crippen molar-refractivity contribution >= 4 is 15.2 Å². The molecular weight excluding hydrogens is 670 g/mol. The van der Waals surface area contributed by atoms with Crippen molar-refractivity contribution in [2.24, 2.45) is 0 Å². The SMILES string of the molecule is CCC(CC)(Oc1cccc(OP(=O)(Oc2ccccc2)C(CC)(CC)Oc2ccccc2)c1)P(=O)(Oc1ccccc1)Oc1ccccc1. The van der Waals surface area contributed by atoms with Gasteiger partial charge in [0, 0.05) is 6.07 Å². The zero-order valence-electron chi connectivity index (χ0n) is 28.8. The molecular formula is C40H44O8P2. The number of hydrogen-bond donors (Lipinski definition) is 0. The Morgan fingerprint density at radius 2 is 0.660 bits per heavy atom. The lowest BCUT2D eigenvalue weighted by molar-refractivity contribution is 0.110. The molecule has 5 aromatic rings. The third kappa shape index (κ3) is 8.21. The zero-order valence-corrected chi connectivity index (χ0v) is 30.6. The topological polar surface area (TPSA) is 89.5 Å². The third-order valence-electron chi connectivity index (χ3n) is 8.50. The fourth-order valence-corrected chi connectivity index (χ4v) is 9.88. The summed E-state index contributed by atoms with van der Waals surface area (Å²) in [7, 11) is -8.27. The van der Waals surface area contributed by atoms with Crippen molar-refractivity contribution in [3.05, 3.63) is 146 Å². The van der Waals surface area contributed by atoms with Gasteiger partial charge in [-0.25, -0.2) is 9.13 Å². The highest BCUT2D eigenvalue weighted by Gasteiger charge is 2.56. The summed E-state index contributed by atoms with van der Waals surface area (Å²) in [5, 5.41) is -2.77. The highest BCUT2D eigenvalue weighted by Crippen LogP contribution is 2.64. The lowest BCUT2D eigenvalue weighted by Gasteiger charge is -2.38. The van der Waals surface area contributed by atoms with Crippen LogP contribution in [0.2, 0.25) is 0 Å². The molecule has 1 unspecified atom stereocenters. The van der Waals surface area contributed by atoms with Crippen LogP contribution in [0, 0.1) is 0 Å². The average Bonchev–Trinajstić information content (AvgIpc) is 3.14. The minimum absolute atomic E-state index is 0.216. The van der Waals surface area contributed by atoms with Crippen LogP contribution in [0.1, 0.15) is 53.4 Å². The molecule has 1 atom stereocenters.